The summed E-state index contributed by atoms with van der Waals surface area (Å²) in [7, 11) is 0. The van der Waals surface area contributed by atoms with E-state index >= 15 is 0 Å². The second-order valence-corrected chi connectivity index (χ2v) is 6.95. The average molecular weight is 358 g/mol. The number of carbonyl (C=O) groups excluding carboxylic acids is 1. The Morgan fingerprint density at radius 2 is 1.85 bits per heavy atom. The second-order valence-electron chi connectivity index (χ2n) is 6.95. The number of rotatable bonds is 4. The molecule has 0 aliphatic carbocycles. The fraction of sp³-hybridized carbons (Fsp3) is 0.273. The van der Waals surface area contributed by atoms with Gasteiger partial charge in [0.05, 0.1) is 23.6 Å². The molecule has 27 heavy (non-hydrogen) atoms. The zero-order chi connectivity index (χ0) is 18.6. The quantitative estimate of drug-likeness (QED) is 0.713. The lowest BCUT2D eigenvalue weighted by Gasteiger charge is -2.24. The van der Waals surface area contributed by atoms with Crippen LogP contribution in [0.1, 0.15) is 51.9 Å². The predicted octanol–water partition coefficient (Wildman–Crippen LogP) is 3.75. The maximum Gasteiger partial charge on any atom is 0.274 e. The van der Waals surface area contributed by atoms with Gasteiger partial charge in [-0.3, -0.25) is 14.8 Å². The van der Waals surface area contributed by atoms with Crippen LogP contribution >= 0.6 is 0 Å². The maximum atomic E-state index is 12.8. The molecular weight excluding hydrogens is 336 g/mol. The van der Waals surface area contributed by atoms with Crippen molar-refractivity contribution in [2.75, 3.05) is 6.54 Å². The largest absolute Gasteiger partial charge is 0.329 e. The molecule has 1 aromatic carbocycles. The Labute approximate surface area is 159 Å². The molecule has 0 saturated carbocycles. The van der Waals surface area contributed by atoms with Gasteiger partial charge in [-0.2, -0.15) is 0 Å². The summed E-state index contributed by atoms with van der Waals surface area (Å²) in [6, 6.07) is 14.5. The molecule has 1 saturated heterocycles. The van der Waals surface area contributed by atoms with E-state index in [1.54, 1.807) is 12.4 Å². The summed E-state index contributed by atoms with van der Waals surface area (Å²) in [4.78, 5) is 27.8. The summed E-state index contributed by atoms with van der Waals surface area (Å²) in [5.41, 5.74) is 4.58. The topological polar surface area (TPSA) is 59.0 Å². The molecular formula is C22H22N4O. The van der Waals surface area contributed by atoms with Gasteiger partial charge in [-0.25, -0.2) is 4.98 Å². The number of nitrogens with zero attached hydrogens (tertiary/aromatic N) is 4. The molecule has 1 atom stereocenters. The molecule has 1 aliphatic heterocycles. The van der Waals surface area contributed by atoms with Crippen molar-refractivity contribution in [1.29, 1.82) is 0 Å². The zero-order valence-corrected chi connectivity index (χ0v) is 15.4. The molecule has 0 spiro atoms. The van der Waals surface area contributed by atoms with Gasteiger partial charge in [-0.1, -0.05) is 36.4 Å². The van der Waals surface area contributed by atoms with Gasteiger partial charge in [0.2, 0.25) is 0 Å². The number of amides is 1. The van der Waals surface area contributed by atoms with E-state index in [-0.39, 0.29) is 11.9 Å². The third kappa shape index (κ3) is 3.87. The fourth-order valence-electron chi connectivity index (χ4n) is 3.54. The van der Waals surface area contributed by atoms with Gasteiger partial charge in [0.15, 0.2) is 0 Å². The fourth-order valence-corrected chi connectivity index (χ4v) is 3.54. The Kier molecular flexibility index (Phi) is 4.92. The summed E-state index contributed by atoms with van der Waals surface area (Å²) in [5.74, 6) is -0.0693. The first-order valence-corrected chi connectivity index (χ1v) is 9.29. The summed E-state index contributed by atoms with van der Waals surface area (Å²) in [6.07, 6.45) is 7.88. The molecule has 1 aliphatic rings. The van der Waals surface area contributed by atoms with Crippen molar-refractivity contribution in [3.63, 3.8) is 0 Å². The van der Waals surface area contributed by atoms with E-state index in [2.05, 4.69) is 39.2 Å². The molecule has 1 amide bonds. The van der Waals surface area contributed by atoms with E-state index in [4.69, 9.17) is 0 Å². The van der Waals surface area contributed by atoms with E-state index in [9.17, 15) is 4.79 Å². The van der Waals surface area contributed by atoms with Crippen LogP contribution in [0.5, 0.6) is 0 Å². The van der Waals surface area contributed by atoms with Crippen LogP contribution in [0.25, 0.3) is 0 Å². The zero-order valence-electron chi connectivity index (χ0n) is 15.4. The van der Waals surface area contributed by atoms with Crippen molar-refractivity contribution in [2.45, 2.75) is 32.2 Å². The molecule has 0 N–H and O–H groups in total. The minimum Gasteiger partial charge on any atom is -0.329 e. The van der Waals surface area contributed by atoms with Gasteiger partial charge >= 0.3 is 0 Å². The molecule has 3 aromatic rings. The van der Waals surface area contributed by atoms with Crippen LogP contribution in [0.15, 0.2) is 61.1 Å². The normalized spacial score (nSPS) is 16.5. The van der Waals surface area contributed by atoms with Crippen LogP contribution in [0, 0.1) is 6.92 Å². The van der Waals surface area contributed by atoms with Crippen LogP contribution < -0.4 is 0 Å². The maximum absolute atomic E-state index is 12.8. The highest BCUT2D eigenvalue weighted by molar-refractivity contribution is 5.92. The first kappa shape index (κ1) is 17.3. The van der Waals surface area contributed by atoms with E-state index in [1.807, 2.05) is 36.2 Å². The Balaban J connectivity index is 1.50. The highest BCUT2D eigenvalue weighted by Crippen LogP contribution is 2.32. The number of benzene rings is 1. The second kappa shape index (κ2) is 7.66. The lowest BCUT2D eigenvalue weighted by molar-refractivity contribution is 0.0726. The summed E-state index contributed by atoms with van der Waals surface area (Å²) in [5, 5.41) is 0. The summed E-state index contributed by atoms with van der Waals surface area (Å²) < 4.78 is 0. The SMILES string of the molecule is Cc1cnc(C(=O)N2CCC[C@H]2c2ccc(Cc3ccccc3)cn2)cn1. The standard InChI is InChI=1S/C22H22N4O/c1-16-13-24-20(15-23-16)22(27)26-11-5-8-21(26)19-10-9-18(14-25-19)12-17-6-3-2-4-7-17/h2-4,6-7,9-10,13-15,21H,5,8,11-12H2,1H3/t21-/m0/s1. The number of hydrogen-bond donors (Lipinski definition) is 0. The van der Waals surface area contributed by atoms with Gasteiger partial charge in [-0.05, 0) is 43.4 Å². The molecule has 4 rings (SSSR count). The number of hydrogen-bond acceptors (Lipinski definition) is 4. The monoisotopic (exact) mass is 358 g/mol. The minimum absolute atomic E-state index is 0.00591. The molecule has 0 unspecified atom stereocenters. The van der Waals surface area contributed by atoms with Gasteiger partial charge in [0.1, 0.15) is 5.69 Å². The first-order valence-electron chi connectivity index (χ1n) is 9.29. The van der Waals surface area contributed by atoms with Crippen LogP contribution in [0.3, 0.4) is 0 Å². The van der Waals surface area contributed by atoms with Crippen molar-refractivity contribution < 1.29 is 4.79 Å². The Morgan fingerprint density at radius 1 is 1.00 bits per heavy atom. The molecule has 5 nitrogen and oxygen atoms in total. The molecule has 136 valence electrons. The van der Waals surface area contributed by atoms with Crippen molar-refractivity contribution in [1.82, 2.24) is 19.9 Å². The predicted molar refractivity (Wildman–Crippen MR) is 103 cm³/mol. The lowest BCUT2D eigenvalue weighted by atomic mass is 10.0. The average Bonchev–Trinajstić information content (AvgIpc) is 3.19. The Bertz CT molecular complexity index is 907. The number of carbonyl (C=O) groups is 1. The van der Waals surface area contributed by atoms with Gasteiger partial charge in [-0.15, -0.1) is 0 Å². The van der Waals surface area contributed by atoms with Gasteiger partial charge < -0.3 is 4.90 Å². The Morgan fingerprint density at radius 3 is 2.56 bits per heavy atom. The molecule has 0 bridgehead atoms. The molecule has 1 fully saturated rings. The van der Waals surface area contributed by atoms with E-state index in [0.717, 1.165) is 37.2 Å². The smallest absolute Gasteiger partial charge is 0.274 e. The minimum atomic E-state index is -0.0693. The van der Waals surface area contributed by atoms with Crippen LogP contribution in [-0.4, -0.2) is 32.3 Å². The van der Waals surface area contributed by atoms with E-state index < -0.39 is 0 Å². The van der Waals surface area contributed by atoms with Crippen LogP contribution in [0.2, 0.25) is 0 Å². The van der Waals surface area contributed by atoms with Crippen molar-refractivity contribution >= 4 is 5.91 Å². The third-order valence-corrected chi connectivity index (χ3v) is 4.95. The molecule has 3 heterocycles. The number of pyridine rings is 1. The van der Waals surface area contributed by atoms with Crippen molar-refractivity contribution in [3.05, 3.63) is 89.3 Å². The van der Waals surface area contributed by atoms with Crippen LogP contribution in [-0.2, 0) is 6.42 Å². The molecule has 2 aromatic heterocycles. The van der Waals surface area contributed by atoms with Crippen molar-refractivity contribution in [3.8, 4) is 0 Å². The summed E-state index contributed by atoms with van der Waals surface area (Å²) in [6.45, 7) is 2.59. The number of aromatic nitrogens is 3. The van der Waals surface area contributed by atoms with Crippen LogP contribution in [0.4, 0.5) is 0 Å². The highest BCUT2D eigenvalue weighted by Gasteiger charge is 2.32. The molecule has 5 heteroatoms. The lowest BCUT2D eigenvalue weighted by Crippen LogP contribution is -2.31. The molecule has 0 radical (unpaired) electrons. The third-order valence-electron chi connectivity index (χ3n) is 4.95. The van der Waals surface area contributed by atoms with E-state index in [1.165, 1.54) is 11.1 Å². The van der Waals surface area contributed by atoms with Crippen molar-refractivity contribution in [2.24, 2.45) is 0 Å². The Hall–Kier alpha value is -3.08. The van der Waals surface area contributed by atoms with Gasteiger partial charge in [0.25, 0.3) is 5.91 Å². The van der Waals surface area contributed by atoms with Gasteiger partial charge in [0, 0.05) is 18.9 Å². The number of aryl methyl sites for hydroxylation is 1. The highest BCUT2D eigenvalue weighted by atomic mass is 16.2. The summed E-state index contributed by atoms with van der Waals surface area (Å²) >= 11 is 0. The van der Waals surface area contributed by atoms with E-state index in [0.29, 0.717) is 5.69 Å². The number of likely N-dealkylation sites (tertiary alicyclic amines) is 1. The first-order chi connectivity index (χ1) is 13.2.